The number of carboxylic acids is 1. The average molecular weight is 504 g/mol. The summed E-state index contributed by atoms with van der Waals surface area (Å²) < 4.78 is 12.2. The molecule has 37 heavy (non-hydrogen) atoms. The lowest BCUT2D eigenvalue weighted by Crippen LogP contribution is -2.51. The quantitative estimate of drug-likeness (QED) is 0.365. The van der Waals surface area contributed by atoms with Crippen LogP contribution in [0, 0.1) is 0 Å². The van der Waals surface area contributed by atoms with Gasteiger partial charge < -0.3 is 24.6 Å². The molecule has 1 fully saturated rings. The van der Waals surface area contributed by atoms with E-state index in [2.05, 4.69) is 6.58 Å². The van der Waals surface area contributed by atoms with Gasteiger partial charge >= 0.3 is 5.97 Å². The molecule has 1 aliphatic carbocycles. The molecule has 7 heteroatoms. The number of carbonyl (C=O) groups excluding carboxylic acids is 1. The van der Waals surface area contributed by atoms with E-state index in [0.717, 1.165) is 16.7 Å². The largest absolute Gasteiger partial charge is 0.489 e. The fourth-order valence-electron chi connectivity index (χ4n) is 4.68. The van der Waals surface area contributed by atoms with E-state index in [4.69, 9.17) is 9.47 Å². The molecule has 1 aliphatic heterocycles. The maximum atomic E-state index is 13.8. The fourth-order valence-corrected chi connectivity index (χ4v) is 4.68. The highest BCUT2D eigenvalue weighted by Gasteiger charge is 2.41. The van der Waals surface area contributed by atoms with Crippen LogP contribution in [0.5, 0.6) is 0 Å². The number of hydrogen-bond acceptors (Lipinski definition) is 5. The van der Waals surface area contributed by atoms with Gasteiger partial charge in [-0.2, -0.15) is 0 Å². The zero-order valence-corrected chi connectivity index (χ0v) is 21.0. The van der Waals surface area contributed by atoms with Gasteiger partial charge in [-0.3, -0.25) is 4.79 Å². The molecule has 2 aromatic carbocycles. The summed E-state index contributed by atoms with van der Waals surface area (Å²) in [6.45, 7) is 6.13. The monoisotopic (exact) mass is 503 g/mol. The van der Waals surface area contributed by atoms with Crippen LogP contribution < -0.4 is 0 Å². The van der Waals surface area contributed by atoms with Crippen LogP contribution in [0.15, 0.2) is 96.3 Å². The van der Waals surface area contributed by atoms with Crippen molar-refractivity contribution in [3.05, 3.63) is 107 Å². The lowest BCUT2D eigenvalue weighted by Gasteiger charge is -2.39. The van der Waals surface area contributed by atoms with Crippen molar-refractivity contribution < 1.29 is 29.3 Å². The molecule has 0 bridgehead atoms. The summed E-state index contributed by atoms with van der Waals surface area (Å²) in [7, 11) is 0. The van der Waals surface area contributed by atoms with E-state index in [-0.39, 0.29) is 19.1 Å². The number of carbonyl (C=O) groups is 2. The number of aliphatic hydroxyl groups is 1. The van der Waals surface area contributed by atoms with Crippen LogP contribution in [0.25, 0.3) is 0 Å². The van der Waals surface area contributed by atoms with Gasteiger partial charge in [0.25, 0.3) is 5.91 Å². The summed E-state index contributed by atoms with van der Waals surface area (Å²) in [5.74, 6) is -0.947. The van der Waals surface area contributed by atoms with Crippen molar-refractivity contribution in [3.8, 4) is 0 Å². The van der Waals surface area contributed by atoms with E-state index in [1.54, 1.807) is 24.3 Å². The summed E-state index contributed by atoms with van der Waals surface area (Å²) in [4.78, 5) is 27.6. The van der Waals surface area contributed by atoms with Crippen LogP contribution in [-0.2, 0) is 25.7 Å². The third-order valence-electron chi connectivity index (χ3n) is 6.79. The summed E-state index contributed by atoms with van der Waals surface area (Å²) in [6.07, 6.45) is 2.72. The predicted molar refractivity (Wildman–Crippen MR) is 139 cm³/mol. The Morgan fingerprint density at radius 3 is 2.35 bits per heavy atom. The molecule has 194 valence electrons. The highest BCUT2D eigenvalue weighted by atomic mass is 16.5. The minimum absolute atomic E-state index is 0.102. The summed E-state index contributed by atoms with van der Waals surface area (Å²) >= 11 is 0. The Labute approximate surface area is 217 Å². The van der Waals surface area contributed by atoms with Crippen LogP contribution in [0.3, 0.4) is 0 Å². The molecule has 2 atom stereocenters. The van der Waals surface area contributed by atoms with Gasteiger partial charge in [0.15, 0.2) is 6.10 Å². The number of aliphatic carboxylic acids is 1. The molecule has 2 aliphatic rings. The van der Waals surface area contributed by atoms with E-state index in [9.17, 15) is 19.8 Å². The van der Waals surface area contributed by atoms with Gasteiger partial charge in [0.1, 0.15) is 18.4 Å². The normalized spacial score (nSPS) is 22.7. The van der Waals surface area contributed by atoms with Gasteiger partial charge in [0.2, 0.25) is 0 Å². The summed E-state index contributed by atoms with van der Waals surface area (Å²) in [6, 6.07) is 17.7. The second-order valence-corrected chi connectivity index (χ2v) is 9.50. The maximum absolute atomic E-state index is 13.8. The molecular formula is C30H33NO6. The highest BCUT2D eigenvalue weighted by molar-refractivity contribution is 5.88. The molecule has 7 nitrogen and oxygen atoms in total. The van der Waals surface area contributed by atoms with Crippen LogP contribution in [-0.4, -0.2) is 51.8 Å². The lowest BCUT2D eigenvalue weighted by molar-refractivity contribution is -0.165. The molecule has 2 N–H and O–H groups in total. The minimum Gasteiger partial charge on any atom is -0.489 e. The molecule has 0 saturated heterocycles. The molecule has 1 heterocycles. The van der Waals surface area contributed by atoms with Crippen LogP contribution in [0.2, 0.25) is 0 Å². The van der Waals surface area contributed by atoms with Gasteiger partial charge in [0.05, 0.1) is 12.2 Å². The number of hydrogen-bond donors (Lipinski definition) is 2. The van der Waals surface area contributed by atoms with Gasteiger partial charge in [-0.1, -0.05) is 73.3 Å². The number of rotatable bonds is 10. The van der Waals surface area contributed by atoms with Crippen molar-refractivity contribution in [1.82, 2.24) is 4.90 Å². The summed E-state index contributed by atoms with van der Waals surface area (Å²) in [5, 5.41) is 19.8. The Kier molecular flexibility index (Phi) is 8.58. The number of allylic oxidation sites excluding steroid dienone is 3. The van der Waals surface area contributed by atoms with Gasteiger partial charge in [-0.05, 0) is 48.1 Å². The first-order valence-electron chi connectivity index (χ1n) is 12.5. The number of carboxylic acid groups (broad SMARTS) is 1. The van der Waals surface area contributed by atoms with Crippen molar-refractivity contribution in [1.29, 1.82) is 0 Å². The topological polar surface area (TPSA) is 96.3 Å². The zero-order chi connectivity index (χ0) is 26.4. The van der Waals surface area contributed by atoms with Gasteiger partial charge in [-0.15, -0.1) is 0 Å². The van der Waals surface area contributed by atoms with Crippen LogP contribution in [0.1, 0.15) is 43.4 Å². The van der Waals surface area contributed by atoms with E-state index in [0.29, 0.717) is 30.8 Å². The third-order valence-corrected chi connectivity index (χ3v) is 6.79. The third kappa shape index (κ3) is 6.37. The van der Waals surface area contributed by atoms with Crippen molar-refractivity contribution in [2.45, 2.75) is 57.1 Å². The number of amides is 1. The Hall–Kier alpha value is -3.68. The maximum Gasteiger partial charge on any atom is 0.326 e. The molecule has 0 spiro atoms. The lowest BCUT2D eigenvalue weighted by atomic mass is 9.90. The first-order valence-corrected chi connectivity index (χ1v) is 12.5. The molecular weight excluding hydrogens is 470 g/mol. The van der Waals surface area contributed by atoms with Gasteiger partial charge in [0, 0.05) is 13.0 Å². The first kappa shape index (κ1) is 26.4. The first-order chi connectivity index (χ1) is 17.9. The molecule has 2 aromatic rings. The molecule has 4 rings (SSSR count). The molecule has 0 radical (unpaired) electrons. The van der Waals surface area contributed by atoms with Crippen LogP contribution >= 0.6 is 0 Å². The molecule has 1 amide bonds. The number of ether oxygens (including phenoxy) is 2. The number of benzene rings is 2. The average Bonchev–Trinajstić information content (AvgIpc) is 2.89. The van der Waals surface area contributed by atoms with E-state index in [1.165, 1.54) is 4.90 Å². The smallest absolute Gasteiger partial charge is 0.326 e. The van der Waals surface area contributed by atoms with Gasteiger partial charge in [-0.25, -0.2) is 4.79 Å². The van der Waals surface area contributed by atoms with E-state index >= 15 is 0 Å². The minimum atomic E-state index is -1.09. The SMILES string of the molecule is C=C/C=C(/OCc1ccccc1)C1=C(C)CN(C(=O)[C@H](O[C@H]2C[C@@H](O)C2)c2ccccc2)[C@@H](C(=O)O)C1. The predicted octanol–water partition coefficient (Wildman–Crippen LogP) is 4.56. The number of aliphatic hydroxyl groups excluding tert-OH is 1. The Morgan fingerprint density at radius 1 is 1.11 bits per heavy atom. The molecule has 1 saturated carbocycles. The standard InChI is InChI=1S/C30H33NO6/c1-3-10-27(36-19-21-11-6-4-7-12-21)25-17-26(30(34)35)31(18-20(25)2)29(33)28(22-13-8-5-9-14-22)37-24-15-23(32)16-24/h3-14,23-24,26,28,32H,1,15-19H2,2H3,(H,34,35)/b27-10+/t23-,24+,26-,28-/m1/s1. The van der Waals surface area contributed by atoms with Crippen molar-refractivity contribution in [2.75, 3.05) is 6.54 Å². The molecule has 0 aromatic heterocycles. The van der Waals surface area contributed by atoms with Crippen molar-refractivity contribution in [2.24, 2.45) is 0 Å². The van der Waals surface area contributed by atoms with Crippen LogP contribution in [0.4, 0.5) is 0 Å². The zero-order valence-electron chi connectivity index (χ0n) is 21.0. The number of nitrogens with zero attached hydrogens (tertiary/aromatic N) is 1. The second-order valence-electron chi connectivity index (χ2n) is 9.50. The van der Waals surface area contributed by atoms with Crippen molar-refractivity contribution in [3.63, 3.8) is 0 Å². The Bertz CT molecular complexity index is 1170. The van der Waals surface area contributed by atoms with Crippen molar-refractivity contribution >= 4 is 11.9 Å². The summed E-state index contributed by atoms with van der Waals surface area (Å²) in [5.41, 5.74) is 3.25. The van der Waals surface area contributed by atoms with E-state index in [1.807, 2.05) is 55.5 Å². The Morgan fingerprint density at radius 2 is 1.76 bits per heavy atom. The van der Waals surface area contributed by atoms with E-state index < -0.39 is 30.1 Å². The fraction of sp³-hybridized carbons (Fsp3) is 0.333. The second kappa shape index (κ2) is 12.0. The highest BCUT2D eigenvalue weighted by Crippen LogP contribution is 2.35. The Balaban J connectivity index is 1.59. The molecule has 0 unspecified atom stereocenters.